The number of nitrogens with one attached hydrogen (secondary N) is 1. The van der Waals surface area contributed by atoms with Gasteiger partial charge >= 0.3 is 10.2 Å². The second-order valence-electron chi connectivity index (χ2n) is 4.39. The summed E-state index contributed by atoms with van der Waals surface area (Å²) < 4.78 is 54.0. The van der Waals surface area contributed by atoms with Crippen molar-refractivity contribution in [2.24, 2.45) is 0 Å². The molecular weight excluding hydrogens is 276 g/mol. The Morgan fingerprint density at radius 3 is 2.42 bits per heavy atom. The van der Waals surface area contributed by atoms with E-state index < -0.39 is 27.5 Å². The van der Waals surface area contributed by atoms with Crippen molar-refractivity contribution in [3.8, 4) is 0 Å². The molecule has 5 nitrogen and oxygen atoms in total. The van der Waals surface area contributed by atoms with Gasteiger partial charge in [-0.15, -0.1) is 0 Å². The summed E-state index contributed by atoms with van der Waals surface area (Å²) in [6.07, 6.45) is 2.46. The average Bonchev–Trinajstić information content (AvgIpc) is 2.40. The third-order valence-corrected chi connectivity index (χ3v) is 4.52. The molecule has 1 heterocycles. The van der Waals surface area contributed by atoms with Crippen molar-refractivity contribution in [1.29, 1.82) is 0 Å². The normalized spacial score (nSPS) is 17.4. The molecule has 19 heavy (non-hydrogen) atoms. The number of piperidine rings is 1. The molecule has 0 saturated carbocycles. The number of benzene rings is 1. The van der Waals surface area contributed by atoms with Gasteiger partial charge in [0.2, 0.25) is 0 Å². The zero-order valence-electron chi connectivity index (χ0n) is 10.2. The van der Waals surface area contributed by atoms with E-state index in [0.29, 0.717) is 13.1 Å². The molecule has 1 saturated heterocycles. The molecule has 1 aliphatic rings. The number of nitrogens with zero attached hydrogens (tertiary/aromatic N) is 1. The molecule has 0 aliphatic carbocycles. The van der Waals surface area contributed by atoms with Crippen molar-refractivity contribution in [1.82, 2.24) is 4.31 Å². The smallest absolute Gasteiger partial charge is 0.301 e. The highest BCUT2D eigenvalue weighted by Crippen LogP contribution is 2.26. The maximum atomic E-state index is 13.6. The summed E-state index contributed by atoms with van der Waals surface area (Å²) in [4.78, 5) is 0. The second kappa shape index (κ2) is 5.30. The van der Waals surface area contributed by atoms with Gasteiger partial charge in [0.05, 0.1) is 5.69 Å². The van der Waals surface area contributed by atoms with Gasteiger partial charge in [0.1, 0.15) is 5.69 Å². The molecular formula is C11H15F2N3O2S. The highest BCUT2D eigenvalue weighted by molar-refractivity contribution is 7.90. The Labute approximate surface area is 110 Å². The number of hydrogen-bond acceptors (Lipinski definition) is 3. The van der Waals surface area contributed by atoms with Crippen LogP contribution in [0.3, 0.4) is 0 Å². The van der Waals surface area contributed by atoms with E-state index in [1.165, 1.54) is 4.31 Å². The van der Waals surface area contributed by atoms with Gasteiger partial charge < -0.3 is 5.73 Å². The summed E-state index contributed by atoms with van der Waals surface area (Å²) in [5.74, 6) is -2.44. The van der Waals surface area contributed by atoms with E-state index in [2.05, 4.69) is 0 Å². The van der Waals surface area contributed by atoms with E-state index in [0.717, 1.165) is 31.4 Å². The van der Waals surface area contributed by atoms with Gasteiger partial charge in [-0.05, 0) is 25.0 Å². The van der Waals surface area contributed by atoms with Crippen LogP contribution in [0, 0.1) is 11.6 Å². The van der Waals surface area contributed by atoms with Crippen molar-refractivity contribution in [3.63, 3.8) is 0 Å². The Morgan fingerprint density at radius 1 is 1.16 bits per heavy atom. The molecule has 0 atom stereocenters. The van der Waals surface area contributed by atoms with Crippen molar-refractivity contribution >= 4 is 21.6 Å². The predicted octanol–water partition coefficient (Wildman–Crippen LogP) is 1.69. The van der Waals surface area contributed by atoms with E-state index in [1.807, 2.05) is 4.72 Å². The van der Waals surface area contributed by atoms with Crippen LogP contribution in [-0.4, -0.2) is 25.8 Å². The minimum absolute atomic E-state index is 0.153. The highest BCUT2D eigenvalue weighted by Gasteiger charge is 2.26. The van der Waals surface area contributed by atoms with Crippen LogP contribution < -0.4 is 10.5 Å². The van der Waals surface area contributed by atoms with E-state index in [4.69, 9.17) is 5.73 Å². The van der Waals surface area contributed by atoms with Crippen molar-refractivity contribution in [2.45, 2.75) is 19.3 Å². The molecule has 1 aromatic carbocycles. The number of nitrogens with two attached hydrogens (primary N) is 1. The summed E-state index contributed by atoms with van der Waals surface area (Å²) in [7, 11) is -3.90. The second-order valence-corrected chi connectivity index (χ2v) is 6.06. The lowest BCUT2D eigenvalue weighted by Crippen LogP contribution is -2.39. The Hall–Kier alpha value is -1.41. The molecule has 0 unspecified atom stereocenters. The Morgan fingerprint density at radius 2 is 1.79 bits per heavy atom. The van der Waals surface area contributed by atoms with Gasteiger partial charge in [0.15, 0.2) is 11.6 Å². The molecule has 106 valence electrons. The minimum atomic E-state index is -3.90. The van der Waals surface area contributed by atoms with Crippen molar-refractivity contribution in [3.05, 3.63) is 23.8 Å². The van der Waals surface area contributed by atoms with Crippen LogP contribution in [0.2, 0.25) is 0 Å². The van der Waals surface area contributed by atoms with E-state index >= 15 is 0 Å². The lowest BCUT2D eigenvalue weighted by atomic mass is 10.2. The maximum absolute atomic E-state index is 13.6. The third kappa shape index (κ3) is 2.95. The molecule has 0 bridgehead atoms. The fourth-order valence-corrected chi connectivity index (χ4v) is 3.30. The van der Waals surface area contributed by atoms with Gasteiger partial charge in [0, 0.05) is 13.1 Å². The van der Waals surface area contributed by atoms with Crippen LogP contribution >= 0.6 is 0 Å². The molecule has 1 fully saturated rings. The highest BCUT2D eigenvalue weighted by atomic mass is 32.2. The van der Waals surface area contributed by atoms with E-state index in [-0.39, 0.29) is 5.69 Å². The largest absolute Gasteiger partial charge is 0.397 e. The topological polar surface area (TPSA) is 75.4 Å². The Kier molecular flexibility index (Phi) is 3.91. The number of hydrogen-bond donors (Lipinski definition) is 2. The monoisotopic (exact) mass is 291 g/mol. The van der Waals surface area contributed by atoms with Crippen LogP contribution in [0.4, 0.5) is 20.2 Å². The fourth-order valence-electron chi connectivity index (χ4n) is 1.97. The Balaban J connectivity index is 2.27. The fraction of sp³-hybridized carbons (Fsp3) is 0.455. The predicted molar refractivity (Wildman–Crippen MR) is 68.7 cm³/mol. The molecule has 1 aliphatic heterocycles. The summed E-state index contributed by atoms with van der Waals surface area (Å²) in [5, 5.41) is 0. The van der Waals surface area contributed by atoms with Gasteiger partial charge in [-0.3, -0.25) is 4.72 Å². The zero-order chi connectivity index (χ0) is 14.0. The SMILES string of the molecule is Nc1ccc(F)c(F)c1NS(=O)(=O)N1CCCCC1. The van der Waals surface area contributed by atoms with Crippen molar-refractivity contribution < 1.29 is 17.2 Å². The molecule has 2 rings (SSSR count). The quantitative estimate of drug-likeness (QED) is 0.832. The van der Waals surface area contributed by atoms with Gasteiger partial charge in [0.25, 0.3) is 0 Å². The van der Waals surface area contributed by atoms with Crippen molar-refractivity contribution in [2.75, 3.05) is 23.5 Å². The maximum Gasteiger partial charge on any atom is 0.301 e. The van der Waals surface area contributed by atoms with Crippen LogP contribution in [0.1, 0.15) is 19.3 Å². The lowest BCUT2D eigenvalue weighted by molar-refractivity contribution is 0.349. The third-order valence-electron chi connectivity index (χ3n) is 3.01. The number of anilines is 2. The molecule has 8 heteroatoms. The summed E-state index contributed by atoms with van der Waals surface area (Å²) in [6, 6.07) is 1.97. The molecule has 0 spiro atoms. The molecule has 1 aromatic rings. The van der Waals surface area contributed by atoms with Gasteiger partial charge in [-0.1, -0.05) is 6.42 Å². The molecule has 0 aromatic heterocycles. The minimum Gasteiger partial charge on any atom is -0.397 e. The summed E-state index contributed by atoms with van der Waals surface area (Å²) in [5.41, 5.74) is 4.79. The first kappa shape index (κ1) is 14.0. The first-order chi connectivity index (χ1) is 8.92. The summed E-state index contributed by atoms with van der Waals surface area (Å²) >= 11 is 0. The van der Waals surface area contributed by atoms with E-state index in [1.54, 1.807) is 0 Å². The first-order valence-corrected chi connectivity index (χ1v) is 7.37. The van der Waals surface area contributed by atoms with Crippen LogP contribution in [0.5, 0.6) is 0 Å². The van der Waals surface area contributed by atoms with Crippen LogP contribution in [-0.2, 0) is 10.2 Å². The average molecular weight is 291 g/mol. The van der Waals surface area contributed by atoms with Gasteiger partial charge in [-0.25, -0.2) is 8.78 Å². The lowest BCUT2D eigenvalue weighted by Gasteiger charge is -2.26. The zero-order valence-corrected chi connectivity index (χ0v) is 11.0. The van der Waals surface area contributed by atoms with E-state index in [9.17, 15) is 17.2 Å². The van der Waals surface area contributed by atoms with Gasteiger partial charge in [-0.2, -0.15) is 12.7 Å². The molecule has 0 radical (unpaired) electrons. The van der Waals surface area contributed by atoms with Crippen LogP contribution in [0.15, 0.2) is 12.1 Å². The number of halogens is 2. The standard InChI is InChI=1S/C11H15F2N3O2S/c12-8-4-5-9(14)11(10(8)13)15-19(17,18)16-6-2-1-3-7-16/h4-5,15H,1-3,6-7,14H2. The molecule has 3 N–H and O–H groups in total. The molecule has 0 amide bonds. The summed E-state index contributed by atoms with van der Waals surface area (Å²) in [6.45, 7) is 0.734. The number of rotatable bonds is 3. The Bertz CT molecular complexity index is 572. The van der Waals surface area contributed by atoms with Crippen LogP contribution in [0.25, 0.3) is 0 Å². The number of nitrogen functional groups attached to an aromatic ring is 1. The first-order valence-electron chi connectivity index (χ1n) is 5.93.